The summed E-state index contributed by atoms with van der Waals surface area (Å²) in [6, 6.07) is 9.78. The monoisotopic (exact) mass is 218 g/mol. The molecule has 0 aliphatic heterocycles. The van der Waals surface area contributed by atoms with Gasteiger partial charge in [-0.2, -0.15) is 0 Å². The van der Waals surface area contributed by atoms with Gasteiger partial charge >= 0.3 is 5.97 Å². The number of aliphatic carboxylic acids is 1. The molecule has 0 aliphatic carbocycles. The third-order valence-electron chi connectivity index (χ3n) is 2.64. The molecule has 0 saturated heterocycles. The molecule has 0 aliphatic rings. The number of unbranched alkanes of at least 4 members (excludes halogenated alkanes) is 1. The molecule has 86 valence electrons. The maximum atomic E-state index is 11.1. The molecule has 1 aromatic rings. The third kappa shape index (κ3) is 4.30. The Morgan fingerprint density at radius 3 is 2.62 bits per heavy atom. The molecular formula is C14H18O2. The average Bonchev–Trinajstić information content (AvgIpc) is 2.29. The van der Waals surface area contributed by atoms with Crippen molar-refractivity contribution in [3.05, 3.63) is 48.6 Å². The summed E-state index contributed by atoms with van der Waals surface area (Å²) in [4.78, 5) is 11.1. The zero-order valence-electron chi connectivity index (χ0n) is 9.43. The normalized spacial score (nSPS) is 12.0. The topological polar surface area (TPSA) is 37.3 Å². The van der Waals surface area contributed by atoms with Crippen molar-refractivity contribution in [3.8, 4) is 0 Å². The quantitative estimate of drug-likeness (QED) is 0.563. The number of rotatable bonds is 7. The molecule has 0 unspecified atom stereocenters. The van der Waals surface area contributed by atoms with E-state index in [0.717, 1.165) is 24.8 Å². The summed E-state index contributed by atoms with van der Waals surface area (Å²) in [6.45, 7) is 3.64. The zero-order chi connectivity index (χ0) is 11.8. The first-order chi connectivity index (χ1) is 7.74. The molecule has 0 heterocycles. The Balaban J connectivity index is 2.51. The van der Waals surface area contributed by atoms with Crippen LogP contribution in [0.25, 0.3) is 0 Å². The number of hydrogen-bond donors (Lipinski definition) is 1. The first-order valence-corrected chi connectivity index (χ1v) is 5.61. The summed E-state index contributed by atoms with van der Waals surface area (Å²) >= 11 is 0. The van der Waals surface area contributed by atoms with Gasteiger partial charge in [-0.1, -0.05) is 36.4 Å². The fourth-order valence-electron chi connectivity index (χ4n) is 1.72. The van der Waals surface area contributed by atoms with Crippen LogP contribution >= 0.6 is 0 Å². The second kappa shape index (κ2) is 6.83. The molecule has 16 heavy (non-hydrogen) atoms. The van der Waals surface area contributed by atoms with Crippen molar-refractivity contribution in [3.63, 3.8) is 0 Å². The van der Waals surface area contributed by atoms with Crippen LogP contribution in [0.4, 0.5) is 0 Å². The van der Waals surface area contributed by atoms with E-state index in [1.807, 2.05) is 36.4 Å². The molecule has 0 saturated carbocycles. The average molecular weight is 218 g/mol. The van der Waals surface area contributed by atoms with E-state index < -0.39 is 5.97 Å². The van der Waals surface area contributed by atoms with E-state index in [-0.39, 0.29) is 5.92 Å². The lowest BCUT2D eigenvalue weighted by Gasteiger charge is -2.11. The molecule has 0 fully saturated rings. The van der Waals surface area contributed by atoms with Gasteiger partial charge in [-0.15, -0.1) is 6.58 Å². The van der Waals surface area contributed by atoms with E-state index >= 15 is 0 Å². The van der Waals surface area contributed by atoms with Crippen LogP contribution in [0.5, 0.6) is 0 Å². The Labute approximate surface area is 96.6 Å². The second-order valence-corrected chi connectivity index (χ2v) is 3.94. The molecule has 0 bridgehead atoms. The lowest BCUT2D eigenvalue weighted by atomic mass is 9.94. The second-order valence-electron chi connectivity index (χ2n) is 3.94. The number of carboxylic acid groups (broad SMARTS) is 1. The van der Waals surface area contributed by atoms with Crippen molar-refractivity contribution in [1.82, 2.24) is 0 Å². The van der Waals surface area contributed by atoms with E-state index in [1.54, 1.807) is 0 Å². The molecular weight excluding hydrogens is 200 g/mol. The standard InChI is InChI=1S/C14H18O2/c1-2-3-5-10-13(14(15)16)11-12-8-6-4-7-9-12/h2,4,6-9,13H,1,3,5,10-11H2,(H,15,16)/t13-/m1/s1. The van der Waals surface area contributed by atoms with Gasteiger partial charge in [0.15, 0.2) is 0 Å². The number of carboxylic acids is 1. The minimum atomic E-state index is -0.701. The number of hydrogen-bond acceptors (Lipinski definition) is 1. The lowest BCUT2D eigenvalue weighted by molar-refractivity contribution is -0.141. The Hall–Kier alpha value is -1.57. The molecule has 1 atom stereocenters. The van der Waals surface area contributed by atoms with Gasteiger partial charge in [-0.25, -0.2) is 0 Å². The number of carbonyl (C=O) groups is 1. The summed E-state index contributed by atoms with van der Waals surface area (Å²) in [7, 11) is 0. The molecule has 0 radical (unpaired) electrons. The third-order valence-corrected chi connectivity index (χ3v) is 2.64. The maximum absolute atomic E-state index is 11.1. The minimum absolute atomic E-state index is 0.276. The van der Waals surface area contributed by atoms with Crippen LogP contribution in [-0.2, 0) is 11.2 Å². The van der Waals surface area contributed by atoms with Crippen LogP contribution in [0.15, 0.2) is 43.0 Å². The predicted molar refractivity (Wildman–Crippen MR) is 65.3 cm³/mol. The van der Waals surface area contributed by atoms with E-state index in [0.29, 0.717) is 6.42 Å². The summed E-state index contributed by atoms with van der Waals surface area (Å²) in [6.07, 6.45) is 4.96. The molecule has 1 rings (SSSR count). The van der Waals surface area contributed by atoms with Gasteiger partial charge in [0.05, 0.1) is 5.92 Å². The molecule has 0 amide bonds. The lowest BCUT2D eigenvalue weighted by Crippen LogP contribution is -2.16. The van der Waals surface area contributed by atoms with Crippen LogP contribution in [0.2, 0.25) is 0 Å². The van der Waals surface area contributed by atoms with Gasteiger partial charge < -0.3 is 5.11 Å². The van der Waals surface area contributed by atoms with Crippen molar-refractivity contribution in [2.75, 3.05) is 0 Å². The maximum Gasteiger partial charge on any atom is 0.306 e. The van der Waals surface area contributed by atoms with Gasteiger partial charge in [0.2, 0.25) is 0 Å². The zero-order valence-corrected chi connectivity index (χ0v) is 9.43. The van der Waals surface area contributed by atoms with Gasteiger partial charge in [0.25, 0.3) is 0 Å². The Morgan fingerprint density at radius 2 is 2.06 bits per heavy atom. The molecule has 1 N–H and O–H groups in total. The van der Waals surface area contributed by atoms with Crippen LogP contribution in [0.1, 0.15) is 24.8 Å². The van der Waals surface area contributed by atoms with Crippen molar-refractivity contribution in [2.45, 2.75) is 25.7 Å². The fraction of sp³-hybridized carbons (Fsp3) is 0.357. The van der Waals surface area contributed by atoms with Gasteiger partial charge in [0.1, 0.15) is 0 Å². The highest BCUT2D eigenvalue weighted by Crippen LogP contribution is 2.15. The highest BCUT2D eigenvalue weighted by molar-refractivity contribution is 5.70. The van der Waals surface area contributed by atoms with Crippen LogP contribution in [0, 0.1) is 5.92 Å². The van der Waals surface area contributed by atoms with E-state index in [9.17, 15) is 4.79 Å². The molecule has 2 nitrogen and oxygen atoms in total. The summed E-state index contributed by atoms with van der Waals surface area (Å²) in [5, 5.41) is 9.11. The van der Waals surface area contributed by atoms with Crippen LogP contribution < -0.4 is 0 Å². The Kier molecular flexibility index (Phi) is 5.34. The van der Waals surface area contributed by atoms with Crippen molar-refractivity contribution < 1.29 is 9.90 Å². The van der Waals surface area contributed by atoms with E-state index in [4.69, 9.17) is 5.11 Å². The van der Waals surface area contributed by atoms with Gasteiger partial charge in [-0.3, -0.25) is 4.79 Å². The molecule has 2 heteroatoms. The Bertz CT molecular complexity index is 330. The van der Waals surface area contributed by atoms with E-state index in [1.165, 1.54) is 0 Å². The predicted octanol–water partition coefficient (Wildman–Crippen LogP) is 3.29. The fourth-order valence-corrected chi connectivity index (χ4v) is 1.72. The summed E-state index contributed by atoms with van der Waals surface area (Å²) in [5.74, 6) is -0.977. The first-order valence-electron chi connectivity index (χ1n) is 5.61. The van der Waals surface area contributed by atoms with Gasteiger partial charge in [0, 0.05) is 0 Å². The largest absolute Gasteiger partial charge is 0.481 e. The summed E-state index contributed by atoms with van der Waals surface area (Å²) in [5.41, 5.74) is 1.09. The SMILES string of the molecule is C=CCCC[C@H](Cc1ccccc1)C(=O)O. The molecule has 1 aromatic carbocycles. The highest BCUT2D eigenvalue weighted by Gasteiger charge is 2.16. The highest BCUT2D eigenvalue weighted by atomic mass is 16.4. The number of benzene rings is 1. The van der Waals surface area contributed by atoms with E-state index in [2.05, 4.69) is 6.58 Å². The summed E-state index contributed by atoms with van der Waals surface area (Å²) < 4.78 is 0. The van der Waals surface area contributed by atoms with Crippen molar-refractivity contribution in [1.29, 1.82) is 0 Å². The smallest absolute Gasteiger partial charge is 0.306 e. The van der Waals surface area contributed by atoms with Crippen molar-refractivity contribution in [2.24, 2.45) is 5.92 Å². The minimum Gasteiger partial charge on any atom is -0.481 e. The first kappa shape index (κ1) is 12.5. The van der Waals surface area contributed by atoms with Crippen LogP contribution in [0.3, 0.4) is 0 Å². The molecule has 0 aromatic heterocycles. The van der Waals surface area contributed by atoms with Crippen molar-refractivity contribution >= 4 is 5.97 Å². The van der Waals surface area contributed by atoms with Gasteiger partial charge in [-0.05, 0) is 31.2 Å². The number of allylic oxidation sites excluding steroid dienone is 1. The Morgan fingerprint density at radius 1 is 1.38 bits per heavy atom. The molecule has 0 spiro atoms. The van der Waals surface area contributed by atoms with Crippen LogP contribution in [-0.4, -0.2) is 11.1 Å².